The number of amidine groups is 1. The van der Waals surface area contributed by atoms with Crippen molar-refractivity contribution in [3.8, 4) is 5.75 Å². The quantitative estimate of drug-likeness (QED) is 0.663. The van der Waals surface area contributed by atoms with Gasteiger partial charge in [-0.2, -0.15) is 5.10 Å². The maximum absolute atomic E-state index is 12.1. The van der Waals surface area contributed by atoms with Gasteiger partial charge in [0.2, 0.25) is 5.91 Å². The molecule has 128 valence electrons. The van der Waals surface area contributed by atoms with Gasteiger partial charge in [0, 0.05) is 0 Å². The third-order valence-electron chi connectivity index (χ3n) is 3.84. The van der Waals surface area contributed by atoms with Gasteiger partial charge in [-0.05, 0) is 36.6 Å². The van der Waals surface area contributed by atoms with Crippen LogP contribution in [0.2, 0.25) is 0 Å². The zero-order chi connectivity index (χ0) is 17.6. The van der Waals surface area contributed by atoms with Crippen LogP contribution in [-0.2, 0) is 11.2 Å². The van der Waals surface area contributed by atoms with Crippen LogP contribution in [0.1, 0.15) is 18.1 Å². The van der Waals surface area contributed by atoms with E-state index in [4.69, 9.17) is 4.74 Å². The van der Waals surface area contributed by atoms with Crippen LogP contribution in [0.15, 0.2) is 64.8 Å². The molecule has 3 rings (SSSR count). The molecule has 6 heteroatoms. The first kappa shape index (κ1) is 17.2. The summed E-state index contributed by atoms with van der Waals surface area (Å²) < 4.78 is 5.15. The standard InChI is InChI=1S/C19H19N3O2S/c1-13(15-6-4-3-5-7-15)21-22-19-20-18(23)17(25-19)12-14-8-10-16(24-2)11-9-14/h3-11,17H,12H2,1-2H3,(H,20,22,23)/b21-13+/t17-/m1/s1. The molecule has 2 aromatic carbocycles. The minimum absolute atomic E-state index is 0.0351. The highest BCUT2D eigenvalue weighted by atomic mass is 32.2. The molecular formula is C19H19N3O2S. The van der Waals surface area contributed by atoms with Crippen molar-refractivity contribution in [2.24, 2.45) is 10.2 Å². The van der Waals surface area contributed by atoms with Gasteiger partial charge in [-0.1, -0.05) is 54.2 Å². The van der Waals surface area contributed by atoms with Gasteiger partial charge in [0.05, 0.1) is 18.1 Å². The lowest BCUT2D eigenvalue weighted by atomic mass is 10.1. The van der Waals surface area contributed by atoms with Crippen LogP contribution < -0.4 is 10.1 Å². The van der Waals surface area contributed by atoms with Crippen molar-refractivity contribution in [3.63, 3.8) is 0 Å². The van der Waals surface area contributed by atoms with Gasteiger partial charge in [-0.25, -0.2) is 0 Å². The first-order chi connectivity index (χ1) is 12.2. The second-order valence-electron chi connectivity index (χ2n) is 5.60. The van der Waals surface area contributed by atoms with Crippen LogP contribution in [0.3, 0.4) is 0 Å². The summed E-state index contributed by atoms with van der Waals surface area (Å²) in [5.41, 5.74) is 2.90. The molecule has 1 saturated heterocycles. The second kappa shape index (κ2) is 7.98. The van der Waals surface area contributed by atoms with Crippen molar-refractivity contribution in [3.05, 3.63) is 65.7 Å². The highest BCUT2D eigenvalue weighted by Crippen LogP contribution is 2.24. The number of nitrogens with zero attached hydrogens (tertiary/aromatic N) is 2. The number of nitrogens with one attached hydrogen (secondary N) is 1. The summed E-state index contributed by atoms with van der Waals surface area (Å²) in [6, 6.07) is 17.6. The van der Waals surface area contributed by atoms with Crippen molar-refractivity contribution in [2.45, 2.75) is 18.6 Å². The van der Waals surface area contributed by atoms with Crippen LogP contribution in [-0.4, -0.2) is 29.1 Å². The van der Waals surface area contributed by atoms with Crippen LogP contribution in [0, 0.1) is 0 Å². The Morgan fingerprint density at radius 2 is 1.88 bits per heavy atom. The number of carbonyl (C=O) groups is 1. The van der Waals surface area contributed by atoms with Gasteiger partial charge in [-0.3, -0.25) is 4.79 Å². The highest BCUT2D eigenvalue weighted by Gasteiger charge is 2.30. The largest absolute Gasteiger partial charge is 0.497 e. The fraction of sp³-hybridized carbons (Fsp3) is 0.211. The molecular weight excluding hydrogens is 334 g/mol. The van der Waals surface area contributed by atoms with E-state index in [0.717, 1.165) is 22.6 Å². The Labute approximate surface area is 151 Å². The second-order valence-corrected chi connectivity index (χ2v) is 6.80. The Bertz CT molecular complexity index is 801. The molecule has 1 N–H and O–H groups in total. The molecule has 0 radical (unpaired) electrons. The molecule has 0 bridgehead atoms. The van der Waals surface area contributed by atoms with Gasteiger partial charge in [0.1, 0.15) is 5.75 Å². The summed E-state index contributed by atoms with van der Waals surface area (Å²) in [5.74, 6) is 0.771. The molecule has 1 heterocycles. The van der Waals surface area contributed by atoms with Crippen LogP contribution in [0.4, 0.5) is 0 Å². The molecule has 1 amide bonds. The average Bonchev–Trinajstić information content (AvgIpc) is 3.00. The summed E-state index contributed by atoms with van der Waals surface area (Å²) in [4.78, 5) is 12.1. The number of ether oxygens (including phenoxy) is 1. The van der Waals surface area contributed by atoms with Crippen LogP contribution in [0.25, 0.3) is 0 Å². The smallest absolute Gasteiger partial charge is 0.239 e. The number of methoxy groups -OCH3 is 1. The van der Waals surface area contributed by atoms with E-state index in [1.54, 1.807) is 7.11 Å². The summed E-state index contributed by atoms with van der Waals surface area (Å²) in [6.07, 6.45) is 0.640. The molecule has 0 saturated carbocycles. The number of thioether (sulfide) groups is 1. The van der Waals surface area contributed by atoms with E-state index < -0.39 is 0 Å². The third-order valence-corrected chi connectivity index (χ3v) is 4.91. The Kier molecular flexibility index (Phi) is 5.50. The normalized spacial score (nSPS) is 19.1. The zero-order valence-corrected chi connectivity index (χ0v) is 14.9. The number of carbonyl (C=O) groups excluding carboxylic acids is 1. The molecule has 0 spiro atoms. The van der Waals surface area contributed by atoms with Crippen molar-refractivity contribution in [1.82, 2.24) is 5.32 Å². The van der Waals surface area contributed by atoms with E-state index in [2.05, 4.69) is 15.5 Å². The zero-order valence-electron chi connectivity index (χ0n) is 14.1. The monoisotopic (exact) mass is 353 g/mol. The maximum atomic E-state index is 12.1. The van der Waals surface area contributed by atoms with E-state index in [1.165, 1.54) is 11.8 Å². The summed E-state index contributed by atoms with van der Waals surface area (Å²) in [7, 11) is 1.63. The predicted molar refractivity (Wildman–Crippen MR) is 102 cm³/mol. The fourth-order valence-corrected chi connectivity index (χ4v) is 3.38. The number of hydrogen-bond donors (Lipinski definition) is 1. The first-order valence-corrected chi connectivity index (χ1v) is 8.82. The minimum atomic E-state index is -0.195. The summed E-state index contributed by atoms with van der Waals surface area (Å²) in [5, 5.41) is 11.6. The Morgan fingerprint density at radius 3 is 2.56 bits per heavy atom. The number of amides is 1. The topological polar surface area (TPSA) is 63.1 Å². The molecule has 1 aliphatic rings. The third kappa shape index (κ3) is 4.48. The Morgan fingerprint density at radius 1 is 1.16 bits per heavy atom. The molecule has 1 fully saturated rings. The molecule has 1 atom stereocenters. The van der Waals surface area contributed by atoms with Crippen molar-refractivity contribution >= 4 is 28.5 Å². The van der Waals surface area contributed by atoms with Gasteiger partial charge >= 0.3 is 0 Å². The van der Waals surface area contributed by atoms with E-state index >= 15 is 0 Å². The van der Waals surface area contributed by atoms with Crippen LogP contribution >= 0.6 is 11.8 Å². The van der Waals surface area contributed by atoms with E-state index in [1.807, 2.05) is 61.5 Å². The van der Waals surface area contributed by atoms with Crippen LogP contribution in [0.5, 0.6) is 5.75 Å². The van der Waals surface area contributed by atoms with Gasteiger partial charge in [0.15, 0.2) is 5.17 Å². The van der Waals surface area contributed by atoms with Gasteiger partial charge in [-0.15, -0.1) is 5.10 Å². The maximum Gasteiger partial charge on any atom is 0.239 e. The van der Waals surface area contributed by atoms with Crippen molar-refractivity contribution in [1.29, 1.82) is 0 Å². The van der Waals surface area contributed by atoms with Gasteiger partial charge < -0.3 is 10.1 Å². The molecule has 5 nitrogen and oxygen atoms in total. The lowest BCUT2D eigenvalue weighted by Gasteiger charge is -2.06. The number of hydrogen-bond acceptors (Lipinski definition) is 5. The van der Waals surface area contributed by atoms with E-state index in [-0.39, 0.29) is 11.2 Å². The van der Waals surface area contributed by atoms with Gasteiger partial charge in [0.25, 0.3) is 0 Å². The number of benzene rings is 2. The molecule has 0 aliphatic carbocycles. The molecule has 2 aromatic rings. The molecule has 0 aromatic heterocycles. The number of rotatable bonds is 5. The first-order valence-electron chi connectivity index (χ1n) is 7.94. The Hall–Kier alpha value is -2.60. The van der Waals surface area contributed by atoms with Crippen molar-refractivity contribution in [2.75, 3.05) is 7.11 Å². The minimum Gasteiger partial charge on any atom is -0.497 e. The van der Waals surface area contributed by atoms with E-state index in [0.29, 0.717) is 11.6 Å². The highest BCUT2D eigenvalue weighted by molar-refractivity contribution is 8.15. The molecule has 25 heavy (non-hydrogen) atoms. The lowest BCUT2D eigenvalue weighted by Crippen LogP contribution is -2.25. The summed E-state index contributed by atoms with van der Waals surface area (Å²) >= 11 is 1.41. The van der Waals surface area contributed by atoms with E-state index in [9.17, 15) is 4.79 Å². The fourth-order valence-electron chi connectivity index (χ4n) is 2.42. The SMILES string of the molecule is COc1ccc(C[C@H]2S/C(=N/N=C(\C)c3ccccc3)NC2=O)cc1. The molecule has 0 unspecified atom stereocenters. The predicted octanol–water partition coefficient (Wildman–Crippen LogP) is 3.25. The average molecular weight is 353 g/mol. The van der Waals surface area contributed by atoms with Crippen molar-refractivity contribution < 1.29 is 9.53 Å². The molecule has 1 aliphatic heterocycles. The summed E-state index contributed by atoms with van der Waals surface area (Å²) in [6.45, 7) is 1.90. The lowest BCUT2D eigenvalue weighted by molar-refractivity contribution is -0.118. The Balaban J connectivity index is 1.65.